The predicted molar refractivity (Wildman–Crippen MR) is 225 cm³/mol. The maximum absolute atomic E-state index is 7.23. The van der Waals surface area contributed by atoms with E-state index in [1.54, 1.807) is 18.2 Å². The van der Waals surface area contributed by atoms with Gasteiger partial charge < -0.3 is 14.0 Å². The zero-order valence-electron chi connectivity index (χ0n) is 33.1. The number of rotatable bonds is 6. The second-order valence-electron chi connectivity index (χ2n) is 13.1. The van der Waals surface area contributed by atoms with Crippen molar-refractivity contribution in [1.29, 1.82) is 0 Å². The van der Waals surface area contributed by atoms with E-state index in [1.807, 2.05) is 36.4 Å². The number of aromatic nitrogens is 3. The summed E-state index contributed by atoms with van der Waals surface area (Å²) >= 11 is 0. The summed E-state index contributed by atoms with van der Waals surface area (Å²) in [5.74, 6) is 0.792. The van der Waals surface area contributed by atoms with Gasteiger partial charge in [0.15, 0.2) is 0 Å². The van der Waals surface area contributed by atoms with Crippen molar-refractivity contribution in [3.8, 4) is 61.7 Å². The van der Waals surface area contributed by atoms with Crippen LogP contribution in [0.3, 0.4) is 0 Å². The van der Waals surface area contributed by atoms with Crippen molar-refractivity contribution in [1.82, 2.24) is 14.5 Å². The number of aryl methyl sites for hydroxylation is 1. The fourth-order valence-electron chi connectivity index (χ4n) is 6.96. The summed E-state index contributed by atoms with van der Waals surface area (Å²) in [6, 6.07) is 66.5. The molecule has 0 N–H and O–H groups in total. The number of benzene rings is 7. The Bertz CT molecular complexity index is 2910. The molecule has 0 fully saturated rings. The zero-order valence-corrected chi connectivity index (χ0v) is 32.5. The number of pyridine rings is 1. The molecule has 0 saturated heterocycles. The molecule has 0 saturated carbocycles. The number of furan rings is 1. The molecule has 0 aliphatic heterocycles. The topological polar surface area (TPSA) is 43.9 Å². The molecule has 5 heteroatoms. The summed E-state index contributed by atoms with van der Waals surface area (Å²) in [5.41, 5.74) is 13.3. The Hall–Kier alpha value is -6.65. The molecule has 1 radical (unpaired) electrons. The van der Waals surface area contributed by atoms with Gasteiger partial charge in [0.2, 0.25) is 0 Å². The van der Waals surface area contributed by atoms with Crippen LogP contribution in [0.4, 0.5) is 0 Å². The van der Waals surface area contributed by atoms with E-state index in [9.17, 15) is 0 Å². The maximum Gasteiger partial charge on any atom is 0.0774 e. The molecule has 3 heterocycles. The molecule has 0 aliphatic rings. The number of imidazole rings is 1. The van der Waals surface area contributed by atoms with Gasteiger partial charge in [0.25, 0.3) is 0 Å². The van der Waals surface area contributed by atoms with Crippen molar-refractivity contribution in [2.75, 3.05) is 0 Å². The summed E-state index contributed by atoms with van der Waals surface area (Å²) in [6.07, 6.45) is 4.63. The van der Waals surface area contributed by atoms with Crippen LogP contribution in [-0.4, -0.2) is 14.5 Å². The van der Waals surface area contributed by atoms with E-state index in [0.29, 0.717) is 0 Å². The third-order valence-corrected chi connectivity index (χ3v) is 9.58. The van der Waals surface area contributed by atoms with Gasteiger partial charge in [0, 0.05) is 53.4 Å². The van der Waals surface area contributed by atoms with Gasteiger partial charge >= 0.3 is 0 Å². The van der Waals surface area contributed by atoms with Crippen LogP contribution in [0.15, 0.2) is 199 Å². The van der Waals surface area contributed by atoms with E-state index in [-0.39, 0.29) is 25.7 Å². The third kappa shape index (κ3) is 7.26. The molecule has 0 aliphatic carbocycles. The SMILES string of the molecule is [2H]C([2H])([2H])c1ccc(-c2[c-]cccc2)nc1.[Ir].[c-]1oc2ccc(-c3ccccc3)cc2c1-c1nc2ccccc2n1-c1c(-c2ccccc2)cccc1-c1ccccc1. The van der Waals surface area contributed by atoms with Crippen LogP contribution >= 0.6 is 0 Å². The first-order chi connectivity index (χ1) is 28.4. The molecule has 56 heavy (non-hydrogen) atoms. The van der Waals surface area contributed by atoms with Gasteiger partial charge in [-0.15, -0.1) is 35.9 Å². The molecule has 10 aromatic rings. The molecule has 271 valence electrons. The van der Waals surface area contributed by atoms with Gasteiger partial charge in [0.05, 0.1) is 22.5 Å². The molecule has 7 aromatic carbocycles. The first-order valence-corrected chi connectivity index (χ1v) is 18.1. The minimum absolute atomic E-state index is 0. The number of hydrogen-bond donors (Lipinski definition) is 0. The van der Waals surface area contributed by atoms with Crippen molar-refractivity contribution in [3.05, 3.63) is 212 Å². The van der Waals surface area contributed by atoms with Gasteiger partial charge in [-0.3, -0.25) is 4.98 Å². The second-order valence-corrected chi connectivity index (χ2v) is 13.1. The van der Waals surface area contributed by atoms with Gasteiger partial charge in [-0.1, -0.05) is 163 Å². The number of nitrogens with zero attached hydrogens (tertiary/aromatic N) is 3. The Kier molecular flexibility index (Phi) is 9.58. The van der Waals surface area contributed by atoms with E-state index in [0.717, 1.165) is 83.7 Å². The quantitative estimate of drug-likeness (QED) is 0.156. The van der Waals surface area contributed by atoms with Crippen molar-refractivity contribution >= 4 is 22.0 Å². The van der Waals surface area contributed by atoms with Gasteiger partial charge in [-0.25, -0.2) is 0 Å². The van der Waals surface area contributed by atoms with Crippen LogP contribution < -0.4 is 0 Å². The minimum atomic E-state index is -2.09. The minimum Gasteiger partial charge on any atom is -0.557 e. The van der Waals surface area contributed by atoms with Gasteiger partial charge in [-0.2, -0.15) is 0 Å². The first kappa shape index (κ1) is 32.8. The molecule has 4 nitrogen and oxygen atoms in total. The fraction of sp³-hybridized carbons (Fsp3) is 0.0196. The number of hydrogen-bond acceptors (Lipinski definition) is 3. The molecule has 10 rings (SSSR count). The number of para-hydroxylation sites is 3. The molecule has 0 bridgehead atoms. The standard InChI is InChI=1S/C39H25N2O.C12H10N.Ir/c1-4-13-27(14-5-1)30-23-24-37-33(25-30)34(26-42-37)39-40-35-21-10-11-22-36(35)41(39)38-31(28-15-6-2-7-16-28)19-12-20-32(38)29-17-8-3-9-18-29;1-10-7-8-12(13-9-10)11-5-3-2-4-6-11;/h1-25H;2-5,7-9H,1H3;/q2*-1;/i;1D3;. The van der Waals surface area contributed by atoms with Crippen molar-refractivity contribution in [2.24, 2.45) is 0 Å². The van der Waals surface area contributed by atoms with Crippen LogP contribution in [-0.2, 0) is 20.1 Å². The van der Waals surface area contributed by atoms with Crippen LogP contribution in [0.2, 0.25) is 0 Å². The normalized spacial score (nSPS) is 11.8. The van der Waals surface area contributed by atoms with Crippen LogP contribution in [0.25, 0.3) is 83.7 Å². The van der Waals surface area contributed by atoms with Crippen molar-refractivity contribution in [2.45, 2.75) is 6.85 Å². The van der Waals surface area contributed by atoms with Gasteiger partial charge in [0.1, 0.15) is 0 Å². The molecular formula is C51H35IrN3O-2. The summed E-state index contributed by atoms with van der Waals surface area (Å²) in [5, 5.41) is 0.978. The Morgan fingerprint density at radius 2 is 1.27 bits per heavy atom. The molecule has 0 amide bonds. The Morgan fingerprint density at radius 3 is 1.91 bits per heavy atom. The van der Waals surface area contributed by atoms with Crippen LogP contribution in [0, 0.1) is 19.2 Å². The van der Waals surface area contributed by atoms with E-state index in [4.69, 9.17) is 13.5 Å². The van der Waals surface area contributed by atoms with Crippen molar-refractivity contribution in [3.63, 3.8) is 0 Å². The van der Waals surface area contributed by atoms with E-state index in [2.05, 4.69) is 155 Å². The maximum atomic E-state index is 7.23. The van der Waals surface area contributed by atoms with E-state index < -0.39 is 6.85 Å². The largest absolute Gasteiger partial charge is 0.557 e. The number of fused-ring (bicyclic) bond motifs is 2. The fourth-order valence-corrected chi connectivity index (χ4v) is 6.96. The Morgan fingerprint density at radius 1 is 0.607 bits per heavy atom. The molecule has 3 aromatic heterocycles. The molecule has 0 atom stereocenters. The molecular weight excluding hydrogens is 863 g/mol. The average molecular weight is 901 g/mol. The average Bonchev–Trinajstić information content (AvgIpc) is 3.88. The second kappa shape index (κ2) is 16.4. The van der Waals surface area contributed by atoms with E-state index in [1.165, 1.54) is 6.20 Å². The third-order valence-electron chi connectivity index (χ3n) is 9.58. The van der Waals surface area contributed by atoms with E-state index >= 15 is 0 Å². The summed E-state index contributed by atoms with van der Waals surface area (Å²) in [4.78, 5) is 9.35. The smallest absolute Gasteiger partial charge is 0.0774 e. The summed E-state index contributed by atoms with van der Waals surface area (Å²) < 4.78 is 30.0. The molecule has 0 unspecified atom stereocenters. The summed E-state index contributed by atoms with van der Waals surface area (Å²) in [7, 11) is 0. The monoisotopic (exact) mass is 901 g/mol. The Balaban J connectivity index is 0.000000240. The van der Waals surface area contributed by atoms with Crippen LogP contribution in [0.5, 0.6) is 0 Å². The Labute approximate surface area is 344 Å². The predicted octanol–water partition coefficient (Wildman–Crippen LogP) is 13.1. The zero-order chi connectivity index (χ0) is 39.5. The van der Waals surface area contributed by atoms with Crippen molar-refractivity contribution < 1.29 is 28.6 Å². The molecule has 0 spiro atoms. The van der Waals surface area contributed by atoms with Crippen LogP contribution in [0.1, 0.15) is 9.68 Å². The van der Waals surface area contributed by atoms with Gasteiger partial charge in [-0.05, 0) is 52.5 Å². The summed E-state index contributed by atoms with van der Waals surface area (Å²) in [6.45, 7) is -2.09. The first-order valence-electron chi connectivity index (χ1n) is 19.6.